The molecule has 1 unspecified atom stereocenters. The molecular weight excluding hydrogens is 454 g/mol. The van der Waals surface area contributed by atoms with Gasteiger partial charge in [0.1, 0.15) is 18.3 Å². The van der Waals surface area contributed by atoms with E-state index in [0.717, 1.165) is 21.7 Å². The van der Waals surface area contributed by atoms with Crippen molar-refractivity contribution in [1.29, 1.82) is 0 Å². The van der Waals surface area contributed by atoms with Gasteiger partial charge in [0.25, 0.3) is 0 Å². The molecule has 1 atom stereocenters. The molecule has 2 aromatic carbocycles. The largest absolute Gasteiger partial charge is 0.497 e. The quantitative estimate of drug-likeness (QED) is 0.523. The minimum Gasteiger partial charge on any atom is -0.497 e. The van der Waals surface area contributed by atoms with Crippen molar-refractivity contribution in [3.05, 3.63) is 59.7 Å². The van der Waals surface area contributed by atoms with Crippen LogP contribution < -0.4 is 14.4 Å². The summed E-state index contributed by atoms with van der Waals surface area (Å²) in [5.74, 6) is -0.125. The van der Waals surface area contributed by atoms with Crippen molar-refractivity contribution in [1.82, 2.24) is 10.2 Å². The van der Waals surface area contributed by atoms with Crippen LogP contribution in [0.5, 0.6) is 5.75 Å². The summed E-state index contributed by atoms with van der Waals surface area (Å²) < 4.78 is 31.7. The monoisotopic (exact) mass is 489 g/mol. The Labute approximate surface area is 202 Å². The molecule has 0 aliphatic heterocycles. The highest BCUT2D eigenvalue weighted by Crippen LogP contribution is 2.23. The first kappa shape index (κ1) is 27.2. The van der Waals surface area contributed by atoms with Gasteiger partial charge in [-0.2, -0.15) is 0 Å². The van der Waals surface area contributed by atoms with Crippen molar-refractivity contribution in [2.24, 2.45) is 0 Å². The summed E-state index contributed by atoms with van der Waals surface area (Å²) in [6.45, 7) is 7.03. The zero-order chi connectivity index (χ0) is 25.5. The van der Waals surface area contributed by atoms with Crippen LogP contribution in [-0.4, -0.2) is 57.1 Å². The normalized spacial score (nSPS) is 12.2. The number of benzene rings is 2. The third-order valence-corrected chi connectivity index (χ3v) is 6.49. The van der Waals surface area contributed by atoms with E-state index >= 15 is 0 Å². The molecule has 9 heteroatoms. The van der Waals surface area contributed by atoms with Crippen LogP contribution in [0.3, 0.4) is 0 Å². The Morgan fingerprint density at radius 3 is 2.32 bits per heavy atom. The van der Waals surface area contributed by atoms with Crippen LogP contribution in [0, 0.1) is 6.92 Å². The molecule has 0 heterocycles. The summed E-state index contributed by atoms with van der Waals surface area (Å²) in [5, 5.41) is 2.87. The molecule has 2 amide bonds. The summed E-state index contributed by atoms with van der Waals surface area (Å²) in [7, 11) is -2.20. The summed E-state index contributed by atoms with van der Waals surface area (Å²) in [5.41, 5.74) is 1.93. The number of aryl methyl sites for hydroxylation is 1. The minimum atomic E-state index is -3.76. The predicted molar refractivity (Wildman–Crippen MR) is 134 cm³/mol. The highest BCUT2D eigenvalue weighted by molar-refractivity contribution is 7.92. The molecule has 34 heavy (non-hydrogen) atoms. The van der Waals surface area contributed by atoms with E-state index in [9.17, 15) is 18.0 Å². The number of nitrogens with zero attached hydrogens (tertiary/aromatic N) is 2. The fraction of sp³-hybridized carbons (Fsp3) is 0.440. The molecule has 0 saturated carbocycles. The molecule has 2 rings (SSSR count). The van der Waals surface area contributed by atoms with Gasteiger partial charge >= 0.3 is 0 Å². The standard InChI is InChI=1S/C25H35N3O5S/c1-7-22(25(30)26-18(2)3)27(16-20-12-10-13-21(15-20)33-5)24(29)17-28(34(6,31)32)23-14-9-8-11-19(23)4/h8-15,18,22H,7,16-17H2,1-6H3,(H,26,30). The lowest BCUT2D eigenvalue weighted by Gasteiger charge is -2.33. The van der Waals surface area contributed by atoms with Gasteiger partial charge in [-0.1, -0.05) is 37.3 Å². The maximum atomic E-state index is 13.6. The summed E-state index contributed by atoms with van der Waals surface area (Å²) in [6.07, 6.45) is 1.44. The molecule has 0 radical (unpaired) electrons. The van der Waals surface area contributed by atoms with E-state index in [-0.39, 0.29) is 18.5 Å². The molecule has 186 valence electrons. The molecule has 0 bridgehead atoms. The lowest BCUT2D eigenvalue weighted by atomic mass is 10.1. The zero-order valence-corrected chi connectivity index (χ0v) is 21.6. The number of anilines is 1. The number of hydrogen-bond donors (Lipinski definition) is 1. The molecular formula is C25H35N3O5S. The third-order valence-electron chi connectivity index (χ3n) is 5.37. The Kier molecular flexibility index (Phi) is 9.49. The zero-order valence-electron chi connectivity index (χ0n) is 20.7. The van der Waals surface area contributed by atoms with E-state index in [2.05, 4.69) is 5.32 Å². The fourth-order valence-electron chi connectivity index (χ4n) is 3.71. The van der Waals surface area contributed by atoms with Crippen LogP contribution in [-0.2, 0) is 26.2 Å². The third kappa shape index (κ3) is 7.21. The van der Waals surface area contributed by atoms with Gasteiger partial charge in [0.15, 0.2) is 0 Å². The predicted octanol–water partition coefficient (Wildman–Crippen LogP) is 3.10. The van der Waals surface area contributed by atoms with Crippen LogP contribution in [0.25, 0.3) is 0 Å². The van der Waals surface area contributed by atoms with Crippen LogP contribution >= 0.6 is 0 Å². The lowest BCUT2D eigenvalue weighted by molar-refractivity contribution is -0.140. The number of amides is 2. The molecule has 0 aliphatic carbocycles. The van der Waals surface area contributed by atoms with Crippen LogP contribution in [0.1, 0.15) is 38.3 Å². The summed E-state index contributed by atoms with van der Waals surface area (Å²) in [6, 6.07) is 13.4. The number of methoxy groups -OCH3 is 1. The Morgan fingerprint density at radius 2 is 1.76 bits per heavy atom. The number of ether oxygens (including phenoxy) is 1. The van der Waals surface area contributed by atoms with Gasteiger partial charge in [-0.15, -0.1) is 0 Å². The molecule has 0 fully saturated rings. The highest BCUT2D eigenvalue weighted by Gasteiger charge is 2.32. The molecule has 1 N–H and O–H groups in total. The lowest BCUT2D eigenvalue weighted by Crippen LogP contribution is -2.53. The maximum absolute atomic E-state index is 13.6. The summed E-state index contributed by atoms with van der Waals surface area (Å²) >= 11 is 0. The molecule has 0 saturated heterocycles. The number of rotatable bonds is 11. The maximum Gasteiger partial charge on any atom is 0.244 e. The van der Waals surface area contributed by atoms with Gasteiger partial charge in [0.05, 0.1) is 19.1 Å². The van der Waals surface area contributed by atoms with Crippen LogP contribution in [0.15, 0.2) is 48.5 Å². The molecule has 0 spiro atoms. The van der Waals surface area contributed by atoms with Crippen molar-refractivity contribution < 1.29 is 22.7 Å². The van der Waals surface area contributed by atoms with E-state index in [1.807, 2.05) is 32.9 Å². The summed E-state index contributed by atoms with van der Waals surface area (Å²) in [4.78, 5) is 28.1. The number of carbonyl (C=O) groups excluding carboxylic acids is 2. The average Bonchev–Trinajstić information content (AvgIpc) is 2.76. The number of para-hydroxylation sites is 1. The van der Waals surface area contributed by atoms with Crippen LogP contribution in [0.2, 0.25) is 0 Å². The van der Waals surface area contributed by atoms with Gasteiger partial charge in [0, 0.05) is 12.6 Å². The van der Waals surface area contributed by atoms with Crippen LogP contribution in [0.4, 0.5) is 5.69 Å². The van der Waals surface area contributed by atoms with Crippen molar-refractivity contribution in [3.8, 4) is 5.75 Å². The fourth-order valence-corrected chi connectivity index (χ4v) is 4.61. The average molecular weight is 490 g/mol. The van der Waals surface area contributed by atoms with Gasteiger partial charge < -0.3 is 15.0 Å². The Morgan fingerprint density at radius 1 is 1.09 bits per heavy atom. The first-order chi connectivity index (χ1) is 16.0. The number of carbonyl (C=O) groups is 2. The van der Waals surface area contributed by atoms with Gasteiger partial charge in [-0.3, -0.25) is 13.9 Å². The van der Waals surface area contributed by atoms with Gasteiger partial charge in [-0.05, 0) is 56.5 Å². The van der Waals surface area contributed by atoms with Crippen molar-refractivity contribution in [2.75, 3.05) is 24.2 Å². The first-order valence-corrected chi connectivity index (χ1v) is 13.1. The van der Waals surface area contributed by atoms with Crippen molar-refractivity contribution in [3.63, 3.8) is 0 Å². The first-order valence-electron chi connectivity index (χ1n) is 11.2. The molecule has 8 nitrogen and oxygen atoms in total. The van der Waals surface area contributed by atoms with Crippen molar-refractivity contribution >= 4 is 27.5 Å². The van der Waals surface area contributed by atoms with E-state index < -0.39 is 28.5 Å². The van der Waals surface area contributed by atoms with E-state index in [1.165, 1.54) is 4.90 Å². The Bertz CT molecular complexity index is 1100. The Balaban J connectivity index is 2.47. The minimum absolute atomic E-state index is 0.102. The topological polar surface area (TPSA) is 96.0 Å². The van der Waals surface area contributed by atoms with E-state index in [1.54, 1.807) is 50.4 Å². The molecule has 0 aliphatic rings. The number of nitrogens with one attached hydrogen (secondary N) is 1. The Hall–Kier alpha value is -3.07. The number of sulfonamides is 1. The van der Waals surface area contributed by atoms with Gasteiger partial charge in [0.2, 0.25) is 21.8 Å². The smallest absolute Gasteiger partial charge is 0.244 e. The van der Waals surface area contributed by atoms with E-state index in [0.29, 0.717) is 17.9 Å². The van der Waals surface area contributed by atoms with Gasteiger partial charge in [-0.25, -0.2) is 8.42 Å². The van der Waals surface area contributed by atoms with Crippen molar-refractivity contribution in [2.45, 2.75) is 52.7 Å². The van der Waals surface area contributed by atoms with E-state index in [4.69, 9.17) is 4.74 Å². The second-order valence-electron chi connectivity index (χ2n) is 8.52. The molecule has 0 aromatic heterocycles. The second kappa shape index (κ2) is 11.9. The molecule has 2 aromatic rings. The SMILES string of the molecule is CCC(C(=O)NC(C)C)N(Cc1cccc(OC)c1)C(=O)CN(c1ccccc1C)S(C)(=O)=O. The number of hydrogen-bond acceptors (Lipinski definition) is 5. The highest BCUT2D eigenvalue weighted by atomic mass is 32.2. The second-order valence-corrected chi connectivity index (χ2v) is 10.4.